The molecule has 1 rings (SSSR count). The van der Waals surface area contributed by atoms with Gasteiger partial charge in [0.1, 0.15) is 0 Å². The summed E-state index contributed by atoms with van der Waals surface area (Å²) in [5.41, 5.74) is 1.33. The summed E-state index contributed by atoms with van der Waals surface area (Å²) in [6.07, 6.45) is 3.74. The number of hydrogen-bond acceptors (Lipinski definition) is 2. The highest BCUT2D eigenvalue weighted by Crippen LogP contribution is 2.25. The zero-order valence-corrected chi connectivity index (χ0v) is 7.84. The Balaban J connectivity index is 1.97. The van der Waals surface area contributed by atoms with Crippen LogP contribution in [0.15, 0.2) is 12.2 Å². The van der Waals surface area contributed by atoms with Crippen LogP contribution < -0.4 is 0 Å². The first-order valence-electron chi connectivity index (χ1n) is 4.69. The quantitative estimate of drug-likeness (QED) is 0.465. The van der Waals surface area contributed by atoms with Gasteiger partial charge in [-0.1, -0.05) is 12.2 Å². The van der Waals surface area contributed by atoms with E-state index in [0.29, 0.717) is 6.10 Å². The van der Waals surface area contributed by atoms with Gasteiger partial charge in [-0.05, 0) is 26.2 Å². The van der Waals surface area contributed by atoms with E-state index in [-0.39, 0.29) is 0 Å². The summed E-state index contributed by atoms with van der Waals surface area (Å²) in [5.74, 6) is 0. The molecule has 0 amide bonds. The van der Waals surface area contributed by atoms with Gasteiger partial charge in [-0.25, -0.2) is 0 Å². The predicted molar refractivity (Wildman–Crippen MR) is 49.2 cm³/mol. The van der Waals surface area contributed by atoms with Crippen LogP contribution >= 0.6 is 0 Å². The fourth-order valence-corrected chi connectivity index (χ4v) is 1.45. The predicted octanol–water partition coefficient (Wildman–Crippen LogP) is 2.15. The molecule has 0 heterocycles. The highest BCUT2D eigenvalue weighted by atomic mass is 16.5. The second kappa shape index (κ2) is 5.33. The normalized spacial score (nSPS) is 23.4. The second-order valence-corrected chi connectivity index (χ2v) is 3.18. The molecule has 0 unspecified atom stereocenters. The molecule has 0 N–H and O–H groups in total. The van der Waals surface area contributed by atoms with E-state index >= 15 is 0 Å². The highest BCUT2D eigenvalue weighted by Gasteiger charge is 2.17. The van der Waals surface area contributed by atoms with Crippen molar-refractivity contribution >= 4 is 0 Å². The molecule has 0 spiro atoms. The van der Waals surface area contributed by atoms with Crippen LogP contribution in [-0.2, 0) is 9.47 Å². The Labute approximate surface area is 74.6 Å². The third-order valence-corrected chi connectivity index (χ3v) is 2.12. The van der Waals surface area contributed by atoms with Crippen molar-refractivity contribution in [1.82, 2.24) is 0 Å². The Bertz CT molecular complexity index is 143. The van der Waals surface area contributed by atoms with Gasteiger partial charge in [-0.2, -0.15) is 0 Å². The molecule has 1 fully saturated rings. The Morgan fingerprint density at radius 2 is 2.33 bits per heavy atom. The number of rotatable bonds is 5. The minimum absolute atomic E-state index is 0.415. The van der Waals surface area contributed by atoms with Crippen LogP contribution in [0.2, 0.25) is 0 Å². The molecule has 1 saturated carbocycles. The summed E-state index contributed by atoms with van der Waals surface area (Å²) in [6.45, 7) is 8.16. The molecule has 1 atom stereocenters. The lowest BCUT2D eigenvalue weighted by molar-refractivity contribution is 0.0120. The first-order valence-corrected chi connectivity index (χ1v) is 4.69. The van der Waals surface area contributed by atoms with Crippen LogP contribution in [0, 0.1) is 0 Å². The van der Waals surface area contributed by atoms with E-state index in [1.807, 2.05) is 6.92 Å². The SMILES string of the molecule is C=C1CC[C@H](OCCOCC)C1. The van der Waals surface area contributed by atoms with E-state index in [1.165, 1.54) is 5.57 Å². The molecule has 1 aliphatic rings. The van der Waals surface area contributed by atoms with Crippen LogP contribution in [-0.4, -0.2) is 25.9 Å². The van der Waals surface area contributed by atoms with Gasteiger partial charge in [0.15, 0.2) is 0 Å². The third kappa shape index (κ3) is 3.37. The Kier molecular flexibility index (Phi) is 4.33. The van der Waals surface area contributed by atoms with Crippen LogP contribution in [0.5, 0.6) is 0 Å². The maximum Gasteiger partial charge on any atom is 0.0704 e. The van der Waals surface area contributed by atoms with Gasteiger partial charge in [0.25, 0.3) is 0 Å². The molecule has 12 heavy (non-hydrogen) atoms. The smallest absolute Gasteiger partial charge is 0.0704 e. The monoisotopic (exact) mass is 170 g/mol. The van der Waals surface area contributed by atoms with Crippen molar-refractivity contribution in [3.8, 4) is 0 Å². The first kappa shape index (κ1) is 9.75. The van der Waals surface area contributed by atoms with Crippen molar-refractivity contribution in [3.63, 3.8) is 0 Å². The molecular formula is C10H18O2. The Morgan fingerprint density at radius 3 is 2.92 bits per heavy atom. The van der Waals surface area contributed by atoms with Gasteiger partial charge < -0.3 is 9.47 Å². The molecule has 0 aliphatic heterocycles. The first-order chi connectivity index (χ1) is 5.83. The summed E-state index contributed by atoms with van der Waals surface area (Å²) < 4.78 is 10.8. The van der Waals surface area contributed by atoms with Crippen molar-refractivity contribution in [1.29, 1.82) is 0 Å². The molecule has 1 aliphatic carbocycles. The fraction of sp³-hybridized carbons (Fsp3) is 0.800. The van der Waals surface area contributed by atoms with Crippen molar-refractivity contribution < 1.29 is 9.47 Å². The van der Waals surface area contributed by atoms with Gasteiger partial charge in [-0.15, -0.1) is 0 Å². The maximum absolute atomic E-state index is 5.59. The molecule has 2 heteroatoms. The minimum atomic E-state index is 0.415. The van der Waals surface area contributed by atoms with Gasteiger partial charge in [0.2, 0.25) is 0 Å². The van der Waals surface area contributed by atoms with Crippen LogP contribution in [0.4, 0.5) is 0 Å². The Morgan fingerprint density at radius 1 is 1.50 bits per heavy atom. The Hall–Kier alpha value is -0.340. The molecule has 0 radical (unpaired) electrons. The fourth-order valence-electron chi connectivity index (χ4n) is 1.45. The lowest BCUT2D eigenvalue weighted by Crippen LogP contribution is -2.12. The van der Waals surface area contributed by atoms with Crippen LogP contribution in [0.1, 0.15) is 26.2 Å². The summed E-state index contributed by atoms with van der Waals surface area (Å²) >= 11 is 0. The lowest BCUT2D eigenvalue weighted by Gasteiger charge is -2.10. The summed E-state index contributed by atoms with van der Waals surface area (Å²) in [6, 6.07) is 0. The van der Waals surface area contributed by atoms with Crippen molar-refractivity contribution in [2.45, 2.75) is 32.3 Å². The van der Waals surface area contributed by atoms with Gasteiger partial charge >= 0.3 is 0 Å². The average Bonchev–Trinajstić information content (AvgIpc) is 2.45. The van der Waals surface area contributed by atoms with E-state index in [4.69, 9.17) is 9.47 Å². The van der Waals surface area contributed by atoms with Gasteiger partial charge in [0, 0.05) is 6.61 Å². The lowest BCUT2D eigenvalue weighted by atomic mass is 10.3. The van der Waals surface area contributed by atoms with Crippen molar-refractivity contribution in [2.24, 2.45) is 0 Å². The maximum atomic E-state index is 5.59. The second-order valence-electron chi connectivity index (χ2n) is 3.18. The van der Waals surface area contributed by atoms with E-state index < -0.39 is 0 Å². The van der Waals surface area contributed by atoms with E-state index in [0.717, 1.165) is 39.1 Å². The summed E-state index contributed by atoms with van der Waals surface area (Å²) in [4.78, 5) is 0. The molecule has 0 aromatic carbocycles. The zero-order valence-electron chi connectivity index (χ0n) is 7.84. The van der Waals surface area contributed by atoms with Crippen LogP contribution in [0.3, 0.4) is 0 Å². The van der Waals surface area contributed by atoms with Gasteiger partial charge in [0.05, 0.1) is 19.3 Å². The minimum Gasteiger partial charge on any atom is -0.379 e. The highest BCUT2D eigenvalue weighted by molar-refractivity contribution is 5.02. The van der Waals surface area contributed by atoms with Crippen molar-refractivity contribution in [3.05, 3.63) is 12.2 Å². The molecule has 2 nitrogen and oxygen atoms in total. The average molecular weight is 170 g/mol. The zero-order chi connectivity index (χ0) is 8.81. The molecule has 0 bridgehead atoms. The molecular weight excluding hydrogens is 152 g/mol. The topological polar surface area (TPSA) is 18.5 Å². The van der Waals surface area contributed by atoms with E-state index in [2.05, 4.69) is 6.58 Å². The molecule has 0 aromatic rings. The summed E-state index contributed by atoms with van der Waals surface area (Å²) in [5, 5.41) is 0. The summed E-state index contributed by atoms with van der Waals surface area (Å²) in [7, 11) is 0. The standard InChI is InChI=1S/C10H18O2/c1-3-11-6-7-12-10-5-4-9(2)8-10/h10H,2-8H2,1H3/t10-/m0/s1. The molecule has 0 saturated heterocycles. The third-order valence-electron chi connectivity index (χ3n) is 2.12. The van der Waals surface area contributed by atoms with E-state index in [1.54, 1.807) is 0 Å². The van der Waals surface area contributed by atoms with Gasteiger partial charge in [-0.3, -0.25) is 0 Å². The van der Waals surface area contributed by atoms with Crippen LogP contribution in [0.25, 0.3) is 0 Å². The molecule has 70 valence electrons. The molecule has 0 aromatic heterocycles. The number of hydrogen-bond donors (Lipinski definition) is 0. The number of ether oxygens (including phenoxy) is 2. The van der Waals surface area contributed by atoms with E-state index in [9.17, 15) is 0 Å². The van der Waals surface area contributed by atoms with Crippen molar-refractivity contribution in [2.75, 3.05) is 19.8 Å². The largest absolute Gasteiger partial charge is 0.379 e.